The second kappa shape index (κ2) is 10.9. The number of amides is 1. The molecule has 0 unspecified atom stereocenters. The number of nitrogens with zero attached hydrogens (tertiary/aromatic N) is 4. The predicted molar refractivity (Wildman–Crippen MR) is 120 cm³/mol. The maximum absolute atomic E-state index is 12.7. The summed E-state index contributed by atoms with van der Waals surface area (Å²) in [4.78, 5) is 25.5. The number of carbonyl (C=O) groups excluding carboxylic acids is 1. The summed E-state index contributed by atoms with van der Waals surface area (Å²) in [6.07, 6.45) is 2.55. The first-order valence-electron chi connectivity index (χ1n) is 9.46. The summed E-state index contributed by atoms with van der Waals surface area (Å²) in [6.45, 7) is 2.10. The molecule has 2 aromatic rings. The van der Waals surface area contributed by atoms with E-state index in [4.69, 9.17) is 4.74 Å². The Morgan fingerprint density at radius 1 is 1.43 bits per heavy atom. The van der Waals surface area contributed by atoms with Gasteiger partial charge in [-0.1, -0.05) is 0 Å². The van der Waals surface area contributed by atoms with Crippen LogP contribution in [0.3, 0.4) is 0 Å². The van der Waals surface area contributed by atoms with Gasteiger partial charge in [-0.3, -0.25) is 4.79 Å². The van der Waals surface area contributed by atoms with Crippen LogP contribution in [0, 0.1) is 0 Å². The summed E-state index contributed by atoms with van der Waals surface area (Å²) < 4.78 is 5.07. The van der Waals surface area contributed by atoms with Crippen molar-refractivity contribution in [2.75, 3.05) is 62.1 Å². The molecule has 1 saturated heterocycles. The van der Waals surface area contributed by atoms with E-state index in [-0.39, 0.29) is 24.9 Å². The van der Waals surface area contributed by atoms with Gasteiger partial charge in [0.1, 0.15) is 5.69 Å². The molecule has 3 rings (SSSR count). The average molecular weight is 458 g/mol. The van der Waals surface area contributed by atoms with Crippen LogP contribution in [-0.4, -0.2) is 78.7 Å². The molecule has 166 valence electrons. The van der Waals surface area contributed by atoms with Crippen LogP contribution < -0.4 is 15.1 Å². The second-order valence-corrected chi connectivity index (χ2v) is 7.96. The fourth-order valence-corrected chi connectivity index (χ4v) is 3.89. The Morgan fingerprint density at radius 3 is 2.83 bits per heavy atom. The molecular formula is C19H28ClN5O4S. The predicted octanol–water partition coefficient (Wildman–Crippen LogP) is 1.62. The van der Waals surface area contributed by atoms with Gasteiger partial charge in [-0.25, -0.2) is 9.97 Å². The number of aliphatic hydroxyl groups is 2. The number of methoxy groups -OCH3 is 1. The number of nitrogens with one attached hydrogen (secondary N) is 1. The molecule has 0 saturated carbocycles. The maximum atomic E-state index is 12.7. The molecule has 0 radical (unpaired) electrons. The smallest absolute Gasteiger partial charge is 0.275 e. The number of aliphatic hydroxyl groups excluding tert-OH is 1. The molecule has 30 heavy (non-hydrogen) atoms. The first kappa shape index (κ1) is 24.3. The molecule has 1 aliphatic rings. The van der Waals surface area contributed by atoms with E-state index in [1.165, 1.54) is 11.3 Å². The zero-order chi connectivity index (χ0) is 20.9. The first-order valence-corrected chi connectivity index (χ1v) is 10.3. The summed E-state index contributed by atoms with van der Waals surface area (Å²) in [5.41, 5.74) is -0.104. The van der Waals surface area contributed by atoms with E-state index in [0.717, 1.165) is 5.13 Å². The Balaban J connectivity index is 0.00000320. The van der Waals surface area contributed by atoms with Crippen molar-refractivity contribution in [1.29, 1.82) is 0 Å². The van der Waals surface area contributed by atoms with Gasteiger partial charge in [-0.2, -0.15) is 0 Å². The molecule has 2 aromatic heterocycles. The van der Waals surface area contributed by atoms with E-state index >= 15 is 0 Å². The summed E-state index contributed by atoms with van der Waals surface area (Å²) in [5, 5.41) is 24.9. The number of hydrogen-bond acceptors (Lipinski definition) is 9. The fraction of sp³-hybridized carbons (Fsp3) is 0.526. The molecule has 1 fully saturated rings. The van der Waals surface area contributed by atoms with E-state index in [2.05, 4.69) is 15.3 Å². The van der Waals surface area contributed by atoms with Crippen molar-refractivity contribution >= 4 is 46.3 Å². The van der Waals surface area contributed by atoms with Gasteiger partial charge in [-0.05, 0) is 25.0 Å². The highest BCUT2D eigenvalue weighted by atomic mass is 35.5. The Hall–Kier alpha value is -1.98. The van der Waals surface area contributed by atoms with Crippen molar-refractivity contribution in [2.24, 2.45) is 0 Å². The van der Waals surface area contributed by atoms with Crippen molar-refractivity contribution < 1.29 is 19.7 Å². The third-order valence-electron chi connectivity index (χ3n) is 5.00. The number of likely N-dealkylation sites (N-methyl/N-ethyl adjacent to an activating group) is 1. The minimum absolute atomic E-state index is 0. The van der Waals surface area contributed by atoms with Gasteiger partial charge >= 0.3 is 0 Å². The lowest BCUT2D eigenvalue weighted by molar-refractivity contribution is -0.0326. The topological polar surface area (TPSA) is 111 Å². The standard InChI is InChI=1S/C19H27N5O4S.ClH/c1-23(10-11-28-2)18-22-15(12-29-18)17(26)21-14-4-3-7-20-16(14)24-8-5-19(27,13-25)6-9-24;/h3-4,7,12,25,27H,5-6,8-11,13H2,1-2H3,(H,21,26);1H. The van der Waals surface area contributed by atoms with Crippen molar-refractivity contribution in [3.8, 4) is 0 Å². The molecule has 1 amide bonds. The lowest BCUT2D eigenvalue weighted by Gasteiger charge is -2.38. The Morgan fingerprint density at radius 2 is 2.17 bits per heavy atom. The quantitative estimate of drug-likeness (QED) is 0.548. The van der Waals surface area contributed by atoms with E-state index in [1.54, 1.807) is 30.8 Å². The number of pyridine rings is 1. The van der Waals surface area contributed by atoms with Gasteiger partial charge in [0.05, 0.1) is 24.5 Å². The summed E-state index contributed by atoms with van der Waals surface area (Å²) in [6, 6.07) is 3.56. The number of ether oxygens (including phenoxy) is 1. The van der Waals surface area contributed by atoms with Crippen molar-refractivity contribution in [1.82, 2.24) is 9.97 Å². The third-order valence-corrected chi connectivity index (χ3v) is 5.96. The molecule has 9 nitrogen and oxygen atoms in total. The molecule has 0 bridgehead atoms. The molecule has 0 atom stereocenters. The number of hydrogen-bond donors (Lipinski definition) is 3. The van der Waals surface area contributed by atoms with Crippen molar-refractivity contribution in [3.63, 3.8) is 0 Å². The fourth-order valence-electron chi connectivity index (χ4n) is 3.09. The molecule has 3 N–H and O–H groups in total. The van der Waals surface area contributed by atoms with Crippen LogP contribution in [-0.2, 0) is 4.74 Å². The highest BCUT2D eigenvalue weighted by Gasteiger charge is 2.32. The van der Waals surface area contributed by atoms with Gasteiger partial charge in [-0.15, -0.1) is 23.7 Å². The Labute approximate surface area is 186 Å². The molecule has 0 aromatic carbocycles. The molecular weight excluding hydrogens is 430 g/mol. The van der Waals surface area contributed by atoms with Gasteiger partial charge in [0.2, 0.25) is 0 Å². The zero-order valence-corrected chi connectivity index (χ0v) is 18.7. The van der Waals surface area contributed by atoms with Crippen LogP contribution in [0.25, 0.3) is 0 Å². The molecule has 3 heterocycles. The van der Waals surface area contributed by atoms with E-state index in [1.807, 2.05) is 16.8 Å². The maximum Gasteiger partial charge on any atom is 0.275 e. The minimum atomic E-state index is -1.04. The monoisotopic (exact) mass is 457 g/mol. The van der Waals surface area contributed by atoms with Gasteiger partial charge in [0, 0.05) is 45.4 Å². The Bertz CT molecular complexity index is 829. The summed E-state index contributed by atoms with van der Waals surface area (Å²) >= 11 is 1.40. The number of carbonyl (C=O) groups is 1. The summed E-state index contributed by atoms with van der Waals surface area (Å²) in [7, 11) is 3.55. The van der Waals surface area contributed by atoms with Crippen LogP contribution in [0.1, 0.15) is 23.3 Å². The molecule has 11 heteroatoms. The number of thiazole rings is 1. The highest BCUT2D eigenvalue weighted by Crippen LogP contribution is 2.30. The van der Waals surface area contributed by atoms with E-state index < -0.39 is 5.60 Å². The Kier molecular flexibility index (Phi) is 8.80. The highest BCUT2D eigenvalue weighted by molar-refractivity contribution is 7.13. The normalized spacial score (nSPS) is 15.4. The van der Waals surface area contributed by atoms with Gasteiger partial charge in [0.15, 0.2) is 10.9 Å². The lowest BCUT2D eigenvalue weighted by atomic mass is 9.92. The van der Waals surface area contributed by atoms with Crippen molar-refractivity contribution in [2.45, 2.75) is 18.4 Å². The van der Waals surface area contributed by atoms with Crippen LogP contribution in [0.5, 0.6) is 0 Å². The van der Waals surface area contributed by atoms with E-state index in [9.17, 15) is 15.0 Å². The largest absolute Gasteiger partial charge is 0.393 e. The van der Waals surface area contributed by atoms with Crippen LogP contribution in [0.4, 0.5) is 16.6 Å². The minimum Gasteiger partial charge on any atom is -0.393 e. The number of halogens is 1. The van der Waals surface area contributed by atoms with Crippen molar-refractivity contribution in [3.05, 3.63) is 29.4 Å². The lowest BCUT2D eigenvalue weighted by Crippen LogP contribution is -2.47. The van der Waals surface area contributed by atoms with Crippen LogP contribution in [0.2, 0.25) is 0 Å². The second-order valence-electron chi connectivity index (χ2n) is 7.13. The number of rotatable bonds is 8. The molecule has 1 aliphatic heterocycles. The number of piperidine rings is 1. The number of anilines is 3. The number of aromatic nitrogens is 2. The first-order chi connectivity index (χ1) is 14.0. The van der Waals surface area contributed by atoms with Crippen LogP contribution in [0.15, 0.2) is 23.7 Å². The summed E-state index contributed by atoms with van der Waals surface area (Å²) in [5.74, 6) is 0.347. The zero-order valence-electron chi connectivity index (χ0n) is 17.1. The third kappa shape index (κ3) is 5.79. The SMILES string of the molecule is COCCN(C)c1nc(C(=O)Nc2cccnc2N2CCC(O)(CO)CC2)cs1.Cl. The molecule has 0 spiro atoms. The van der Waals surface area contributed by atoms with Crippen LogP contribution >= 0.6 is 23.7 Å². The van der Waals surface area contributed by atoms with Gasteiger partial charge < -0.3 is 30.1 Å². The van der Waals surface area contributed by atoms with Gasteiger partial charge in [0.25, 0.3) is 5.91 Å². The molecule has 0 aliphatic carbocycles. The average Bonchev–Trinajstić information content (AvgIpc) is 3.24. The van der Waals surface area contributed by atoms with E-state index in [0.29, 0.717) is 56.3 Å².